The summed E-state index contributed by atoms with van der Waals surface area (Å²) in [5.74, 6) is -1.37. The van der Waals surface area contributed by atoms with Gasteiger partial charge in [0.1, 0.15) is 23.3 Å². The maximum Gasteiger partial charge on any atom is 0.416 e. The third-order valence-electron chi connectivity index (χ3n) is 7.29. The zero-order valence-electron chi connectivity index (χ0n) is 22.2. The van der Waals surface area contributed by atoms with E-state index in [9.17, 15) is 35.5 Å². The lowest BCUT2D eigenvalue weighted by atomic mass is 9.69. The van der Waals surface area contributed by atoms with Gasteiger partial charge in [0.2, 0.25) is 0 Å². The van der Waals surface area contributed by atoms with Crippen LogP contribution in [-0.4, -0.2) is 35.8 Å². The van der Waals surface area contributed by atoms with Crippen molar-refractivity contribution in [3.63, 3.8) is 0 Å². The van der Waals surface area contributed by atoms with Crippen molar-refractivity contribution in [2.75, 3.05) is 13.1 Å². The Bertz CT molecular complexity index is 1220. The van der Waals surface area contributed by atoms with Crippen LogP contribution in [0.3, 0.4) is 0 Å². The van der Waals surface area contributed by atoms with Crippen LogP contribution in [0.1, 0.15) is 61.8 Å². The molecule has 2 fully saturated rings. The molecule has 1 saturated heterocycles. The van der Waals surface area contributed by atoms with Gasteiger partial charge in [-0.15, -0.1) is 0 Å². The molecule has 1 amide bonds. The summed E-state index contributed by atoms with van der Waals surface area (Å²) in [5.41, 5.74) is -3.40. The number of nitrogens with zero attached hydrogens (tertiary/aromatic N) is 1. The standard InChI is InChI=1S/C29H30F7NO3/c1-16(19-11-20(28(31,32)33)13-21(12-19)29(34,35)36)39-24-10-7-18-14-37(26(38)40-27(2,3)4)15-23(18)25(24)17-5-8-22(30)9-6-17/h5-6,8-9,11-13,18,23-25H,1,7,10,14-15H2,2-4H3/t18-,23+,24?,25-/m0/s1. The fourth-order valence-corrected chi connectivity index (χ4v) is 5.56. The van der Waals surface area contributed by atoms with E-state index in [1.807, 2.05) is 0 Å². The first-order valence-electron chi connectivity index (χ1n) is 12.8. The molecule has 2 aromatic rings. The SMILES string of the molecule is C=C(OC1CC[C@H]2CN(C(=O)OC(C)(C)C)C[C@H]2[C@@H]1c1ccc(F)cc1)c1cc(C(F)(F)F)cc(C(F)(F)F)c1. The molecule has 4 rings (SSSR count). The molecule has 0 spiro atoms. The van der Waals surface area contributed by atoms with Crippen molar-refractivity contribution in [1.82, 2.24) is 4.90 Å². The Kier molecular flexibility index (Phi) is 7.90. The Morgan fingerprint density at radius 2 is 1.48 bits per heavy atom. The van der Waals surface area contributed by atoms with Crippen molar-refractivity contribution in [1.29, 1.82) is 0 Å². The number of benzene rings is 2. The minimum atomic E-state index is -5.01. The van der Waals surface area contributed by atoms with Crippen LogP contribution >= 0.6 is 0 Å². The normalized spacial score (nSPS) is 23.5. The minimum Gasteiger partial charge on any atom is -0.490 e. The highest BCUT2D eigenvalue weighted by atomic mass is 19.4. The van der Waals surface area contributed by atoms with E-state index in [-0.39, 0.29) is 23.7 Å². The third-order valence-corrected chi connectivity index (χ3v) is 7.29. The molecule has 2 aliphatic rings. The van der Waals surface area contributed by atoms with Crippen LogP contribution in [0.25, 0.3) is 5.76 Å². The molecular formula is C29H30F7NO3. The number of halogens is 7. The number of carbonyl (C=O) groups is 1. The molecule has 2 aromatic carbocycles. The molecule has 1 unspecified atom stereocenters. The Balaban J connectivity index is 1.64. The highest BCUT2D eigenvalue weighted by Gasteiger charge is 2.48. The van der Waals surface area contributed by atoms with Gasteiger partial charge in [0, 0.05) is 24.6 Å². The molecule has 0 aromatic heterocycles. The van der Waals surface area contributed by atoms with E-state index in [1.54, 1.807) is 37.8 Å². The molecule has 4 atom stereocenters. The van der Waals surface area contributed by atoms with Crippen molar-refractivity contribution in [3.05, 3.63) is 77.1 Å². The number of carbonyl (C=O) groups excluding carboxylic acids is 1. The fraction of sp³-hybridized carbons (Fsp3) is 0.483. The largest absolute Gasteiger partial charge is 0.490 e. The van der Waals surface area contributed by atoms with Gasteiger partial charge < -0.3 is 14.4 Å². The summed E-state index contributed by atoms with van der Waals surface area (Å²) in [7, 11) is 0. The first kappa shape index (κ1) is 29.7. The number of alkyl halides is 6. The number of ether oxygens (including phenoxy) is 2. The smallest absolute Gasteiger partial charge is 0.416 e. The molecule has 1 heterocycles. The van der Waals surface area contributed by atoms with Crippen LogP contribution in [0.2, 0.25) is 0 Å². The maximum absolute atomic E-state index is 13.7. The fourth-order valence-electron chi connectivity index (χ4n) is 5.56. The highest BCUT2D eigenvalue weighted by Crippen LogP contribution is 2.48. The molecule has 0 N–H and O–H groups in total. The zero-order valence-corrected chi connectivity index (χ0v) is 22.2. The average molecular weight is 574 g/mol. The van der Waals surface area contributed by atoms with Crippen LogP contribution in [0.15, 0.2) is 49.0 Å². The van der Waals surface area contributed by atoms with Crippen molar-refractivity contribution in [3.8, 4) is 0 Å². The molecule has 0 bridgehead atoms. The van der Waals surface area contributed by atoms with E-state index < -0.39 is 58.6 Å². The van der Waals surface area contributed by atoms with E-state index in [1.165, 1.54) is 12.1 Å². The highest BCUT2D eigenvalue weighted by molar-refractivity contribution is 5.68. The van der Waals surface area contributed by atoms with E-state index in [4.69, 9.17) is 9.47 Å². The molecule has 40 heavy (non-hydrogen) atoms. The topological polar surface area (TPSA) is 38.8 Å². The summed E-state index contributed by atoms with van der Waals surface area (Å²) in [6, 6.07) is 6.90. The summed E-state index contributed by atoms with van der Waals surface area (Å²) in [5, 5.41) is 0. The number of likely N-dealkylation sites (tertiary alicyclic amines) is 1. The second kappa shape index (κ2) is 10.6. The van der Waals surface area contributed by atoms with Crippen LogP contribution in [-0.2, 0) is 21.8 Å². The third kappa shape index (κ3) is 6.72. The minimum absolute atomic E-state index is 0.0427. The summed E-state index contributed by atoms with van der Waals surface area (Å²) < 4.78 is 106. The monoisotopic (exact) mass is 573 g/mol. The number of hydrogen-bond acceptors (Lipinski definition) is 3. The Hall–Kier alpha value is -3.24. The predicted molar refractivity (Wildman–Crippen MR) is 134 cm³/mol. The van der Waals surface area contributed by atoms with Crippen LogP contribution < -0.4 is 0 Å². The van der Waals surface area contributed by atoms with Gasteiger partial charge in [0.05, 0.1) is 11.1 Å². The molecule has 4 nitrogen and oxygen atoms in total. The van der Waals surface area contributed by atoms with Gasteiger partial charge in [0.15, 0.2) is 0 Å². The van der Waals surface area contributed by atoms with Gasteiger partial charge in [-0.1, -0.05) is 18.7 Å². The molecular weight excluding hydrogens is 543 g/mol. The number of fused-ring (bicyclic) bond motifs is 1. The molecule has 11 heteroatoms. The predicted octanol–water partition coefficient (Wildman–Crippen LogP) is 8.28. The number of hydrogen-bond donors (Lipinski definition) is 0. The molecule has 1 aliphatic carbocycles. The first-order valence-corrected chi connectivity index (χ1v) is 12.8. The van der Waals surface area contributed by atoms with Crippen LogP contribution in [0.5, 0.6) is 0 Å². The quantitative estimate of drug-likeness (QED) is 0.273. The van der Waals surface area contributed by atoms with Crippen molar-refractivity contribution >= 4 is 11.9 Å². The van der Waals surface area contributed by atoms with Gasteiger partial charge in [-0.25, -0.2) is 9.18 Å². The first-order chi connectivity index (χ1) is 18.4. The van der Waals surface area contributed by atoms with Crippen molar-refractivity contribution < 1.29 is 45.0 Å². The van der Waals surface area contributed by atoms with E-state index >= 15 is 0 Å². The summed E-state index contributed by atoms with van der Waals surface area (Å²) in [4.78, 5) is 14.4. The molecule has 0 radical (unpaired) electrons. The number of rotatable bonds is 4. The summed E-state index contributed by atoms with van der Waals surface area (Å²) in [6.45, 7) is 9.66. The van der Waals surface area contributed by atoms with Gasteiger partial charge in [-0.2, -0.15) is 26.3 Å². The van der Waals surface area contributed by atoms with E-state index in [2.05, 4.69) is 6.58 Å². The maximum atomic E-state index is 13.7. The van der Waals surface area contributed by atoms with Gasteiger partial charge in [-0.3, -0.25) is 0 Å². The lowest BCUT2D eigenvalue weighted by Crippen LogP contribution is -2.38. The molecule has 1 saturated carbocycles. The Labute approximate surface area is 227 Å². The Morgan fingerprint density at radius 1 is 0.900 bits per heavy atom. The van der Waals surface area contributed by atoms with Crippen LogP contribution in [0, 0.1) is 17.7 Å². The second-order valence-corrected chi connectivity index (χ2v) is 11.3. The zero-order chi connectivity index (χ0) is 29.6. The molecule has 1 aliphatic heterocycles. The van der Waals surface area contributed by atoms with Gasteiger partial charge in [-0.05, 0) is 81.3 Å². The van der Waals surface area contributed by atoms with Gasteiger partial charge in [0.25, 0.3) is 0 Å². The van der Waals surface area contributed by atoms with Gasteiger partial charge >= 0.3 is 18.4 Å². The van der Waals surface area contributed by atoms with E-state index in [0.29, 0.717) is 43.6 Å². The summed E-state index contributed by atoms with van der Waals surface area (Å²) >= 11 is 0. The lowest BCUT2D eigenvalue weighted by Gasteiger charge is -2.40. The Morgan fingerprint density at radius 3 is 2.00 bits per heavy atom. The lowest BCUT2D eigenvalue weighted by molar-refractivity contribution is -0.143. The second-order valence-electron chi connectivity index (χ2n) is 11.3. The average Bonchev–Trinajstić information content (AvgIpc) is 3.27. The van der Waals surface area contributed by atoms with E-state index in [0.717, 1.165) is 0 Å². The molecule has 218 valence electrons. The number of amides is 1. The van der Waals surface area contributed by atoms with Crippen molar-refractivity contribution in [2.24, 2.45) is 11.8 Å². The summed E-state index contributed by atoms with van der Waals surface area (Å²) in [6.07, 6.45) is -10.2. The van der Waals surface area contributed by atoms with Crippen LogP contribution in [0.4, 0.5) is 35.5 Å². The van der Waals surface area contributed by atoms with Crippen molar-refractivity contribution in [2.45, 2.75) is 63.6 Å².